The van der Waals surface area contributed by atoms with Crippen molar-refractivity contribution in [2.45, 2.75) is 36.5 Å². The predicted molar refractivity (Wildman–Crippen MR) is 111 cm³/mol. The van der Waals surface area contributed by atoms with E-state index in [2.05, 4.69) is 0 Å². The third-order valence-corrected chi connectivity index (χ3v) is 6.30. The van der Waals surface area contributed by atoms with Gasteiger partial charge in [-0.25, -0.2) is 0 Å². The quantitative estimate of drug-likeness (QED) is 0.389. The topological polar surface area (TPSA) is 127 Å². The Morgan fingerprint density at radius 3 is 1.37 bits per heavy atom. The molecule has 0 aliphatic heterocycles. The first-order chi connectivity index (χ1) is 14.0. The van der Waals surface area contributed by atoms with Crippen LogP contribution in [0, 0.1) is 13.8 Å². The lowest BCUT2D eigenvalue weighted by Gasteiger charge is -2.10. The van der Waals surface area contributed by atoms with Crippen LogP contribution in [0.25, 0.3) is 0 Å². The molecule has 8 nitrogen and oxygen atoms in total. The van der Waals surface area contributed by atoms with Crippen molar-refractivity contribution in [1.29, 1.82) is 0 Å². The number of rotatable bonds is 11. The maximum absolute atomic E-state index is 11.4. The molecule has 2 aromatic carbocycles. The maximum atomic E-state index is 11.4. The highest BCUT2D eigenvalue weighted by molar-refractivity contribution is 7.86. The summed E-state index contributed by atoms with van der Waals surface area (Å²) in [5.74, 6) is 0. The van der Waals surface area contributed by atoms with Gasteiger partial charge in [-0.1, -0.05) is 35.4 Å². The van der Waals surface area contributed by atoms with Gasteiger partial charge in [0.25, 0.3) is 20.2 Å². The van der Waals surface area contributed by atoms with Crippen LogP contribution < -0.4 is 0 Å². The molecule has 0 aromatic heterocycles. The summed E-state index contributed by atoms with van der Waals surface area (Å²) >= 11 is 0. The largest absolute Gasteiger partial charge is 0.379 e. The lowest BCUT2D eigenvalue weighted by Crippen LogP contribution is -2.11. The Hall–Kier alpha value is -1.82. The minimum atomic E-state index is -4.29. The van der Waals surface area contributed by atoms with E-state index in [0.29, 0.717) is 24.0 Å². The highest BCUT2D eigenvalue weighted by Gasteiger charge is 2.16. The van der Waals surface area contributed by atoms with Crippen LogP contribution in [-0.4, -0.2) is 52.4 Å². The molecule has 0 atom stereocenters. The van der Waals surface area contributed by atoms with Crippen LogP contribution in [0.5, 0.6) is 0 Å². The van der Waals surface area contributed by atoms with Crippen molar-refractivity contribution < 1.29 is 35.4 Å². The Morgan fingerprint density at radius 2 is 1.03 bits per heavy atom. The fourth-order valence-corrected chi connectivity index (χ4v) is 4.46. The van der Waals surface area contributed by atoms with E-state index >= 15 is 0 Å². The lowest BCUT2D eigenvalue weighted by atomic mass is 10.1. The normalized spacial score (nSPS) is 12.3. The van der Waals surface area contributed by atoms with E-state index in [1.54, 1.807) is 24.3 Å². The Kier molecular flexibility index (Phi) is 8.53. The highest BCUT2D eigenvalue weighted by Crippen LogP contribution is 2.19. The first-order valence-electron chi connectivity index (χ1n) is 9.28. The molecule has 0 spiro atoms. The zero-order valence-corrected chi connectivity index (χ0v) is 18.5. The second-order valence-electron chi connectivity index (χ2n) is 6.90. The van der Waals surface area contributed by atoms with Gasteiger partial charge >= 0.3 is 0 Å². The molecule has 0 heterocycles. The molecule has 0 unspecified atom stereocenters. The van der Waals surface area contributed by atoms with Crippen molar-refractivity contribution in [1.82, 2.24) is 0 Å². The van der Waals surface area contributed by atoms with Gasteiger partial charge in [-0.15, -0.1) is 0 Å². The third-order valence-electron chi connectivity index (χ3n) is 4.39. The minimum absolute atomic E-state index is 0.124. The van der Waals surface area contributed by atoms with Crippen LogP contribution in [0.15, 0.2) is 46.2 Å². The van der Waals surface area contributed by atoms with Crippen molar-refractivity contribution >= 4 is 20.2 Å². The summed E-state index contributed by atoms with van der Waals surface area (Å²) in [4.78, 5) is -0.249. The molecule has 0 saturated heterocycles. The third kappa shape index (κ3) is 7.46. The number of ether oxygens (including phenoxy) is 2. The average molecular weight is 459 g/mol. The molecule has 166 valence electrons. The van der Waals surface area contributed by atoms with E-state index < -0.39 is 20.2 Å². The van der Waals surface area contributed by atoms with Crippen molar-refractivity contribution in [3.63, 3.8) is 0 Å². The number of hydrogen-bond donors (Lipinski definition) is 2. The molecule has 0 radical (unpaired) electrons. The van der Waals surface area contributed by atoms with Gasteiger partial charge in [-0.2, -0.15) is 16.8 Å². The van der Waals surface area contributed by atoms with E-state index in [-0.39, 0.29) is 36.2 Å². The van der Waals surface area contributed by atoms with Crippen LogP contribution in [0.2, 0.25) is 0 Å². The number of hydrogen-bond acceptors (Lipinski definition) is 6. The van der Waals surface area contributed by atoms with Crippen molar-refractivity contribution in [3.05, 3.63) is 58.7 Å². The second-order valence-corrected chi connectivity index (χ2v) is 9.68. The highest BCUT2D eigenvalue weighted by atomic mass is 32.2. The smallest absolute Gasteiger partial charge is 0.294 e. The van der Waals surface area contributed by atoms with Gasteiger partial charge in [0.1, 0.15) is 0 Å². The van der Waals surface area contributed by atoms with Crippen LogP contribution in [-0.2, 0) is 42.6 Å². The molecule has 2 rings (SSSR count). The molecular formula is C20H26O8S2. The Bertz CT molecular complexity index is 988. The van der Waals surface area contributed by atoms with Crippen molar-refractivity contribution in [2.75, 3.05) is 26.4 Å². The van der Waals surface area contributed by atoms with Crippen LogP contribution in [0.1, 0.15) is 22.3 Å². The van der Waals surface area contributed by atoms with Gasteiger partial charge in [0.05, 0.1) is 36.2 Å². The summed E-state index contributed by atoms with van der Waals surface area (Å²) in [6.45, 7) is 4.69. The van der Waals surface area contributed by atoms with Crippen LogP contribution >= 0.6 is 0 Å². The number of aryl methyl sites for hydroxylation is 2. The average Bonchev–Trinajstić information content (AvgIpc) is 2.62. The Balaban J connectivity index is 1.76. The Labute approximate surface area is 177 Å². The molecule has 0 bridgehead atoms. The molecule has 30 heavy (non-hydrogen) atoms. The summed E-state index contributed by atoms with van der Waals surface area (Å²) < 4.78 is 75.3. The van der Waals surface area contributed by atoms with Crippen molar-refractivity contribution in [2.24, 2.45) is 0 Å². The van der Waals surface area contributed by atoms with Gasteiger partial charge in [-0.3, -0.25) is 9.11 Å². The van der Waals surface area contributed by atoms with Gasteiger partial charge in [0.2, 0.25) is 0 Å². The molecule has 0 aliphatic carbocycles. The van der Waals surface area contributed by atoms with E-state index in [0.717, 1.165) is 11.1 Å². The first-order valence-corrected chi connectivity index (χ1v) is 12.2. The summed E-state index contributed by atoms with van der Waals surface area (Å²) in [6, 6.07) is 9.35. The molecule has 10 heteroatoms. The molecule has 2 N–H and O–H groups in total. The van der Waals surface area contributed by atoms with Crippen molar-refractivity contribution in [3.8, 4) is 0 Å². The Morgan fingerprint density at radius 1 is 0.667 bits per heavy atom. The number of benzene rings is 2. The standard InChI is InChI=1S/C20H26O8S2/c1-15-3-5-19(29(21,22)23)17(13-15)7-9-27-11-12-28-10-8-18-14-16(2)4-6-20(18)30(24,25)26/h3-6,13-14H,7-12H2,1-2H3,(H,21,22,23)(H,24,25,26). The SMILES string of the molecule is Cc1ccc(S(=O)(=O)O)c(CCOCCOCCc2cc(C)ccc2S(=O)(=O)O)c1. The van der Waals surface area contributed by atoms with Crippen LogP contribution in [0.4, 0.5) is 0 Å². The van der Waals surface area contributed by atoms with Gasteiger partial charge < -0.3 is 9.47 Å². The monoisotopic (exact) mass is 458 g/mol. The van der Waals surface area contributed by atoms with Crippen LogP contribution in [0.3, 0.4) is 0 Å². The lowest BCUT2D eigenvalue weighted by molar-refractivity contribution is 0.0498. The maximum Gasteiger partial charge on any atom is 0.294 e. The predicted octanol–water partition coefficient (Wildman–Crippen LogP) is 2.62. The fourth-order valence-electron chi connectivity index (χ4n) is 3.00. The second kappa shape index (κ2) is 10.5. The van der Waals surface area contributed by atoms with Gasteiger partial charge in [0, 0.05) is 0 Å². The summed E-state index contributed by atoms with van der Waals surface area (Å²) in [7, 11) is -8.58. The minimum Gasteiger partial charge on any atom is -0.379 e. The molecule has 0 amide bonds. The molecule has 0 saturated carbocycles. The van der Waals surface area contributed by atoms with E-state index in [9.17, 15) is 25.9 Å². The van der Waals surface area contributed by atoms with E-state index in [4.69, 9.17) is 9.47 Å². The van der Waals surface area contributed by atoms with E-state index in [1.165, 1.54) is 12.1 Å². The van der Waals surface area contributed by atoms with Gasteiger partial charge in [-0.05, 0) is 49.9 Å². The van der Waals surface area contributed by atoms with E-state index in [1.807, 2.05) is 13.8 Å². The summed E-state index contributed by atoms with van der Waals surface area (Å²) in [5, 5.41) is 0. The molecule has 0 fully saturated rings. The zero-order chi connectivity index (χ0) is 22.4. The van der Waals surface area contributed by atoms with Gasteiger partial charge in [0.15, 0.2) is 0 Å². The molecule has 0 aliphatic rings. The zero-order valence-electron chi connectivity index (χ0n) is 16.9. The first kappa shape index (κ1) is 24.4. The summed E-state index contributed by atoms with van der Waals surface area (Å²) in [5.41, 5.74) is 2.72. The molecule has 2 aromatic rings. The summed E-state index contributed by atoms with van der Waals surface area (Å²) in [6.07, 6.45) is 0.635. The fraction of sp³-hybridized carbons (Fsp3) is 0.400. The molecular weight excluding hydrogens is 432 g/mol.